The van der Waals surface area contributed by atoms with Gasteiger partial charge in [-0.05, 0) is 26.7 Å². The molecule has 0 rings (SSSR count). The molecular weight excluding hydrogens is 191 g/mol. The predicted octanol–water partition coefficient (Wildman–Crippen LogP) is 4.14. The molecule has 0 aromatic rings. The largest absolute Gasteiger partial charge is 0.122 e. The molecule has 0 spiro atoms. The van der Waals surface area contributed by atoms with E-state index in [1.165, 1.54) is 5.57 Å². The first-order valence-corrected chi connectivity index (χ1v) is 5.06. The van der Waals surface area contributed by atoms with Crippen molar-refractivity contribution in [3.05, 3.63) is 23.8 Å². The predicted molar refractivity (Wildman–Crippen MR) is 58.2 cm³/mol. The van der Waals surface area contributed by atoms with Gasteiger partial charge < -0.3 is 0 Å². The summed E-state index contributed by atoms with van der Waals surface area (Å²) in [6, 6.07) is 0. The monoisotopic (exact) mass is 206 g/mol. The number of rotatable bonds is 5. The summed E-state index contributed by atoms with van der Waals surface area (Å²) in [7, 11) is 0. The zero-order chi connectivity index (χ0) is 9.56. The quantitative estimate of drug-likeness (QED) is 0.469. The third-order valence-electron chi connectivity index (χ3n) is 1.75. The van der Waals surface area contributed by atoms with Gasteiger partial charge in [-0.2, -0.15) is 0 Å². The molecule has 2 heteroatoms. The molecule has 0 aliphatic carbocycles. The van der Waals surface area contributed by atoms with Gasteiger partial charge in [-0.3, -0.25) is 0 Å². The first-order valence-electron chi connectivity index (χ1n) is 4.09. The molecule has 0 N–H and O–H groups in total. The Hall–Kier alpha value is 0.0600. The Morgan fingerprint density at radius 1 is 1.50 bits per heavy atom. The Bertz CT molecular complexity index is 171. The summed E-state index contributed by atoms with van der Waals surface area (Å²) < 4.78 is 0. The van der Waals surface area contributed by atoms with E-state index < -0.39 is 0 Å². The van der Waals surface area contributed by atoms with Gasteiger partial charge in [-0.15, -0.1) is 23.2 Å². The molecule has 0 aromatic heterocycles. The summed E-state index contributed by atoms with van der Waals surface area (Å²) >= 11 is 11.5. The molecule has 0 fully saturated rings. The minimum absolute atomic E-state index is 0.101. The molecule has 0 radical (unpaired) electrons. The van der Waals surface area contributed by atoms with Gasteiger partial charge in [0, 0.05) is 5.88 Å². The van der Waals surface area contributed by atoms with Crippen LogP contribution in [0.1, 0.15) is 26.7 Å². The lowest BCUT2D eigenvalue weighted by molar-refractivity contribution is 0.811. The normalized spacial score (nSPS) is 14.5. The Morgan fingerprint density at radius 2 is 2.08 bits per heavy atom. The van der Waals surface area contributed by atoms with Crippen LogP contribution in [-0.4, -0.2) is 11.3 Å². The van der Waals surface area contributed by atoms with Gasteiger partial charge in [0.05, 0.1) is 5.38 Å². The van der Waals surface area contributed by atoms with Crippen LogP contribution in [-0.2, 0) is 0 Å². The lowest BCUT2D eigenvalue weighted by Crippen LogP contribution is -1.99. The highest BCUT2D eigenvalue weighted by Gasteiger charge is 2.04. The summed E-state index contributed by atoms with van der Waals surface area (Å²) in [6.45, 7) is 7.83. The Kier molecular flexibility index (Phi) is 6.60. The Labute approximate surface area is 85.3 Å². The van der Waals surface area contributed by atoms with E-state index in [9.17, 15) is 0 Å². The van der Waals surface area contributed by atoms with E-state index in [4.69, 9.17) is 23.2 Å². The van der Waals surface area contributed by atoms with E-state index in [-0.39, 0.29) is 5.38 Å². The second-order valence-corrected chi connectivity index (χ2v) is 3.89. The third-order valence-corrected chi connectivity index (χ3v) is 2.50. The van der Waals surface area contributed by atoms with Gasteiger partial charge in [0.25, 0.3) is 0 Å². The fraction of sp³-hybridized carbons (Fsp3) is 0.600. The molecule has 0 aromatic carbocycles. The van der Waals surface area contributed by atoms with Gasteiger partial charge in [0.2, 0.25) is 0 Å². The van der Waals surface area contributed by atoms with Gasteiger partial charge in [0.1, 0.15) is 0 Å². The Balaban J connectivity index is 3.68. The van der Waals surface area contributed by atoms with Crippen molar-refractivity contribution in [2.45, 2.75) is 32.1 Å². The molecule has 1 atom stereocenters. The fourth-order valence-electron chi connectivity index (χ4n) is 0.835. The lowest BCUT2D eigenvalue weighted by Gasteiger charge is -2.08. The van der Waals surface area contributed by atoms with Gasteiger partial charge in [-0.1, -0.05) is 23.8 Å². The van der Waals surface area contributed by atoms with Crippen molar-refractivity contribution in [1.29, 1.82) is 0 Å². The standard InChI is InChI=1S/C10H16Cl2/c1-8(2)10(12)5-4-9(3)6-7-11/h6,10H,1,4-5,7H2,2-3H3. The molecule has 0 saturated heterocycles. The van der Waals surface area contributed by atoms with Crippen molar-refractivity contribution >= 4 is 23.2 Å². The van der Waals surface area contributed by atoms with Crippen molar-refractivity contribution in [3.63, 3.8) is 0 Å². The number of allylic oxidation sites excluding steroid dienone is 3. The molecule has 0 aliphatic heterocycles. The van der Waals surface area contributed by atoms with Crippen LogP contribution in [0.3, 0.4) is 0 Å². The number of hydrogen-bond donors (Lipinski definition) is 0. The lowest BCUT2D eigenvalue weighted by atomic mass is 10.1. The van der Waals surface area contributed by atoms with Crippen molar-refractivity contribution < 1.29 is 0 Å². The first kappa shape index (κ1) is 12.1. The highest BCUT2D eigenvalue weighted by atomic mass is 35.5. The van der Waals surface area contributed by atoms with Crippen LogP contribution in [0.15, 0.2) is 23.8 Å². The van der Waals surface area contributed by atoms with Crippen molar-refractivity contribution in [2.24, 2.45) is 0 Å². The van der Waals surface area contributed by atoms with E-state index in [2.05, 4.69) is 13.5 Å². The van der Waals surface area contributed by atoms with Crippen molar-refractivity contribution in [3.8, 4) is 0 Å². The van der Waals surface area contributed by atoms with Gasteiger partial charge >= 0.3 is 0 Å². The van der Waals surface area contributed by atoms with E-state index >= 15 is 0 Å². The van der Waals surface area contributed by atoms with Crippen LogP contribution in [0.25, 0.3) is 0 Å². The summed E-state index contributed by atoms with van der Waals surface area (Å²) in [5.74, 6) is 0.589. The van der Waals surface area contributed by atoms with Crippen LogP contribution in [0, 0.1) is 0 Å². The molecule has 0 aliphatic rings. The van der Waals surface area contributed by atoms with E-state index in [0.29, 0.717) is 5.88 Å². The maximum Gasteiger partial charge on any atom is 0.0543 e. The average Bonchev–Trinajstić information content (AvgIpc) is 2.00. The molecule has 0 heterocycles. The van der Waals surface area contributed by atoms with Crippen LogP contribution in [0.2, 0.25) is 0 Å². The maximum absolute atomic E-state index is 6.00. The molecule has 0 nitrogen and oxygen atoms in total. The fourth-order valence-corrected chi connectivity index (χ4v) is 1.21. The summed E-state index contributed by atoms with van der Waals surface area (Å²) in [5.41, 5.74) is 2.34. The smallest absolute Gasteiger partial charge is 0.0543 e. The van der Waals surface area contributed by atoms with Gasteiger partial charge in [0.15, 0.2) is 0 Å². The molecule has 1 unspecified atom stereocenters. The number of halogens is 2. The molecular formula is C10H16Cl2. The van der Waals surface area contributed by atoms with E-state index in [1.54, 1.807) is 0 Å². The molecule has 70 valence electrons. The molecule has 12 heavy (non-hydrogen) atoms. The molecule has 0 bridgehead atoms. The minimum atomic E-state index is 0.101. The molecule has 0 saturated carbocycles. The van der Waals surface area contributed by atoms with Crippen LogP contribution < -0.4 is 0 Å². The SMILES string of the molecule is C=C(C)C(Cl)CCC(C)=CCCl. The van der Waals surface area contributed by atoms with Crippen LogP contribution in [0.4, 0.5) is 0 Å². The second kappa shape index (κ2) is 6.56. The van der Waals surface area contributed by atoms with Gasteiger partial charge in [-0.25, -0.2) is 0 Å². The zero-order valence-electron chi connectivity index (χ0n) is 7.74. The highest BCUT2D eigenvalue weighted by molar-refractivity contribution is 6.22. The first-order chi connectivity index (χ1) is 5.57. The maximum atomic E-state index is 6.00. The minimum Gasteiger partial charge on any atom is -0.122 e. The van der Waals surface area contributed by atoms with Crippen molar-refractivity contribution in [1.82, 2.24) is 0 Å². The topological polar surface area (TPSA) is 0 Å². The average molecular weight is 207 g/mol. The summed E-state index contributed by atoms with van der Waals surface area (Å²) in [4.78, 5) is 0. The number of alkyl halides is 2. The van der Waals surface area contributed by atoms with Crippen LogP contribution >= 0.6 is 23.2 Å². The van der Waals surface area contributed by atoms with Crippen molar-refractivity contribution in [2.75, 3.05) is 5.88 Å². The molecule has 0 amide bonds. The Morgan fingerprint density at radius 3 is 2.50 bits per heavy atom. The summed E-state index contributed by atoms with van der Waals surface area (Å²) in [5, 5.41) is 0.101. The highest BCUT2D eigenvalue weighted by Crippen LogP contribution is 2.16. The van der Waals surface area contributed by atoms with E-state index in [1.807, 2.05) is 13.0 Å². The third kappa shape index (κ3) is 5.68. The summed E-state index contributed by atoms with van der Waals surface area (Å²) in [6.07, 6.45) is 3.98. The van der Waals surface area contributed by atoms with Crippen LogP contribution in [0.5, 0.6) is 0 Å². The second-order valence-electron chi connectivity index (χ2n) is 3.06. The van der Waals surface area contributed by atoms with E-state index in [0.717, 1.165) is 18.4 Å². The number of hydrogen-bond acceptors (Lipinski definition) is 0. The zero-order valence-corrected chi connectivity index (χ0v) is 9.25.